The van der Waals surface area contributed by atoms with Gasteiger partial charge in [0, 0.05) is 7.05 Å². The molecule has 1 heterocycles. The van der Waals surface area contributed by atoms with Gasteiger partial charge in [0.05, 0.1) is 26.0 Å². The molecule has 1 aromatic heterocycles. The fraction of sp³-hybridized carbons (Fsp3) is 0.267. The van der Waals surface area contributed by atoms with Gasteiger partial charge in [-0.15, -0.1) is 0 Å². The summed E-state index contributed by atoms with van der Waals surface area (Å²) in [6.45, 7) is 0.186. The van der Waals surface area contributed by atoms with Crippen LogP contribution in [0.15, 0.2) is 47.1 Å². The number of aliphatic hydroxyl groups is 1. The summed E-state index contributed by atoms with van der Waals surface area (Å²) in [5, 5.41) is 10.1. The van der Waals surface area contributed by atoms with Crippen LogP contribution in [0.5, 0.6) is 5.75 Å². The Balaban J connectivity index is 1.99. The van der Waals surface area contributed by atoms with Crippen molar-refractivity contribution in [3.8, 4) is 5.75 Å². The van der Waals surface area contributed by atoms with E-state index in [9.17, 15) is 9.90 Å². The molecule has 0 saturated carbocycles. The summed E-state index contributed by atoms with van der Waals surface area (Å²) in [6, 6.07) is 10.3. The molecule has 1 N–H and O–H groups in total. The largest absolute Gasteiger partial charge is 0.497 e. The molecular formula is C15H17NO4. The van der Waals surface area contributed by atoms with E-state index in [-0.39, 0.29) is 18.2 Å². The Hall–Kier alpha value is -2.27. The minimum atomic E-state index is -0.759. The topological polar surface area (TPSA) is 62.9 Å². The van der Waals surface area contributed by atoms with Crippen molar-refractivity contribution in [2.24, 2.45) is 0 Å². The van der Waals surface area contributed by atoms with Crippen LogP contribution in [-0.2, 0) is 0 Å². The highest BCUT2D eigenvalue weighted by Crippen LogP contribution is 2.18. The lowest BCUT2D eigenvalue weighted by atomic mass is 10.1. The van der Waals surface area contributed by atoms with E-state index in [0.29, 0.717) is 0 Å². The van der Waals surface area contributed by atoms with E-state index in [0.717, 1.165) is 11.3 Å². The first-order valence-electron chi connectivity index (χ1n) is 6.23. The molecule has 0 spiro atoms. The van der Waals surface area contributed by atoms with Gasteiger partial charge in [-0.25, -0.2) is 0 Å². The number of likely N-dealkylation sites (N-methyl/N-ethyl adjacent to an activating group) is 1. The molecule has 106 valence electrons. The molecule has 0 saturated heterocycles. The number of furan rings is 1. The predicted molar refractivity (Wildman–Crippen MR) is 73.6 cm³/mol. The average molecular weight is 275 g/mol. The number of benzene rings is 1. The van der Waals surface area contributed by atoms with Gasteiger partial charge in [0.1, 0.15) is 5.75 Å². The summed E-state index contributed by atoms with van der Waals surface area (Å²) < 4.78 is 10.1. The van der Waals surface area contributed by atoms with Gasteiger partial charge >= 0.3 is 0 Å². The third-order valence-corrected chi connectivity index (χ3v) is 3.03. The first-order valence-corrected chi connectivity index (χ1v) is 6.23. The third kappa shape index (κ3) is 3.19. The summed E-state index contributed by atoms with van der Waals surface area (Å²) in [5.41, 5.74) is 0.727. The summed E-state index contributed by atoms with van der Waals surface area (Å²) in [7, 11) is 3.21. The van der Waals surface area contributed by atoms with Gasteiger partial charge in [0.2, 0.25) is 0 Å². The van der Waals surface area contributed by atoms with E-state index in [4.69, 9.17) is 9.15 Å². The monoisotopic (exact) mass is 275 g/mol. The smallest absolute Gasteiger partial charge is 0.289 e. The van der Waals surface area contributed by atoms with Gasteiger partial charge in [-0.1, -0.05) is 12.1 Å². The lowest BCUT2D eigenvalue weighted by Crippen LogP contribution is -2.30. The molecule has 0 fully saturated rings. The molecule has 1 atom stereocenters. The van der Waals surface area contributed by atoms with E-state index in [1.807, 2.05) is 0 Å². The normalized spacial score (nSPS) is 11.9. The fourth-order valence-electron chi connectivity index (χ4n) is 1.86. The van der Waals surface area contributed by atoms with Gasteiger partial charge in [-0.05, 0) is 29.8 Å². The Bertz CT molecular complexity index is 548. The zero-order valence-electron chi connectivity index (χ0n) is 11.4. The number of nitrogens with zero attached hydrogens (tertiary/aromatic N) is 1. The summed E-state index contributed by atoms with van der Waals surface area (Å²) >= 11 is 0. The predicted octanol–water partition coefficient (Wildman–Crippen LogP) is 2.09. The van der Waals surface area contributed by atoms with Crippen molar-refractivity contribution in [2.45, 2.75) is 6.10 Å². The van der Waals surface area contributed by atoms with E-state index in [1.165, 1.54) is 11.2 Å². The number of hydrogen-bond acceptors (Lipinski definition) is 4. The molecule has 0 bridgehead atoms. The van der Waals surface area contributed by atoms with Gasteiger partial charge < -0.3 is 19.2 Å². The van der Waals surface area contributed by atoms with E-state index < -0.39 is 6.10 Å². The highest BCUT2D eigenvalue weighted by molar-refractivity contribution is 5.91. The second-order valence-corrected chi connectivity index (χ2v) is 4.45. The average Bonchev–Trinajstić information content (AvgIpc) is 3.00. The number of rotatable bonds is 5. The third-order valence-electron chi connectivity index (χ3n) is 3.03. The number of aliphatic hydroxyl groups excluding tert-OH is 1. The van der Waals surface area contributed by atoms with Crippen LogP contribution in [0.4, 0.5) is 0 Å². The molecule has 1 amide bonds. The quantitative estimate of drug-likeness (QED) is 0.907. The van der Waals surface area contributed by atoms with Gasteiger partial charge in [0.25, 0.3) is 5.91 Å². The maximum Gasteiger partial charge on any atom is 0.289 e. The number of hydrogen-bond donors (Lipinski definition) is 1. The van der Waals surface area contributed by atoms with Gasteiger partial charge in [-0.2, -0.15) is 0 Å². The van der Waals surface area contributed by atoms with Gasteiger partial charge in [0.15, 0.2) is 5.76 Å². The second kappa shape index (κ2) is 6.25. The molecule has 0 radical (unpaired) electrons. The summed E-state index contributed by atoms with van der Waals surface area (Å²) in [4.78, 5) is 13.4. The number of ether oxygens (including phenoxy) is 1. The van der Waals surface area contributed by atoms with Crippen molar-refractivity contribution in [1.82, 2.24) is 4.90 Å². The SMILES string of the molecule is COc1ccc(C(O)CN(C)C(=O)c2ccco2)cc1. The van der Waals surface area contributed by atoms with E-state index >= 15 is 0 Å². The molecule has 5 nitrogen and oxygen atoms in total. The van der Waals surface area contributed by atoms with Crippen molar-refractivity contribution in [1.29, 1.82) is 0 Å². The zero-order valence-corrected chi connectivity index (χ0v) is 11.4. The van der Waals surface area contributed by atoms with Crippen LogP contribution in [-0.4, -0.2) is 36.6 Å². The molecule has 2 aromatic rings. The van der Waals surface area contributed by atoms with Crippen molar-refractivity contribution in [3.63, 3.8) is 0 Å². The Labute approximate surface area is 117 Å². The minimum Gasteiger partial charge on any atom is -0.497 e. The van der Waals surface area contributed by atoms with Crippen LogP contribution in [0.1, 0.15) is 22.2 Å². The molecule has 0 aliphatic heterocycles. The van der Waals surface area contributed by atoms with Crippen LogP contribution >= 0.6 is 0 Å². The summed E-state index contributed by atoms with van der Waals surface area (Å²) in [5.74, 6) is 0.720. The Morgan fingerprint density at radius 3 is 2.60 bits per heavy atom. The minimum absolute atomic E-state index is 0.186. The molecule has 5 heteroatoms. The highest BCUT2D eigenvalue weighted by atomic mass is 16.5. The highest BCUT2D eigenvalue weighted by Gasteiger charge is 2.18. The molecule has 0 aliphatic rings. The van der Waals surface area contributed by atoms with Crippen LogP contribution in [0.3, 0.4) is 0 Å². The standard InChI is InChI=1S/C15H17NO4/c1-16(15(18)14-4-3-9-20-14)10-13(17)11-5-7-12(19-2)8-6-11/h3-9,13,17H,10H2,1-2H3. The Kier molecular flexibility index (Phi) is 4.42. The maximum absolute atomic E-state index is 12.0. The first kappa shape index (κ1) is 14.1. The Morgan fingerprint density at radius 2 is 2.05 bits per heavy atom. The second-order valence-electron chi connectivity index (χ2n) is 4.45. The van der Waals surface area contributed by atoms with Crippen molar-refractivity contribution >= 4 is 5.91 Å². The van der Waals surface area contributed by atoms with Crippen LogP contribution in [0.2, 0.25) is 0 Å². The molecular weight excluding hydrogens is 258 g/mol. The summed E-state index contributed by atoms with van der Waals surface area (Å²) in [6.07, 6.45) is 0.686. The van der Waals surface area contributed by atoms with E-state index in [2.05, 4.69) is 0 Å². The van der Waals surface area contributed by atoms with E-state index in [1.54, 1.807) is 50.6 Å². The lowest BCUT2D eigenvalue weighted by molar-refractivity contribution is 0.0651. The van der Waals surface area contributed by atoms with Crippen LogP contribution < -0.4 is 4.74 Å². The molecule has 20 heavy (non-hydrogen) atoms. The maximum atomic E-state index is 12.0. The molecule has 0 aliphatic carbocycles. The number of carbonyl (C=O) groups excluding carboxylic acids is 1. The Morgan fingerprint density at radius 1 is 1.35 bits per heavy atom. The lowest BCUT2D eigenvalue weighted by Gasteiger charge is -2.20. The molecule has 2 rings (SSSR count). The molecule has 1 unspecified atom stereocenters. The first-order chi connectivity index (χ1) is 9.61. The van der Waals surface area contributed by atoms with Crippen LogP contribution in [0, 0.1) is 0 Å². The fourth-order valence-corrected chi connectivity index (χ4v) is 1.86. The van der Waals surface area contributed by atoms with Crippen molar-refractivity contribution in [2.75, 3.05) is 20.7 Å². The number of amides is 1. The molecule has 1 aromatic carbocycles. The van der Waals surface area contributed by atoms with Crippen molar-refractivity contribution < 1.29 is 19.1 Å². The number of carbonyl (C=O) groups is 1. The number of methoxy groups -OCH3 is 1. The van der Waals surface area contributed by atoms with Crippen LogP contribution in [0.25, 0.3) is 0 Å². The zero-order chi connectivity index (χ0) is 14.5. The van der Waals surface area contributed by atoms with Gasteiger partial charge in [-0.3, -0.25) is 4.79 Å². The van der Waals surface area contributed by atoms with Crippen molar-refractivity contribution in [3.05, 3.63) is 54.0 Å².